The van der Waals surface area contributed by atoms with Gasteiger partial charge in [-0.1, -0.05) is 42.8 Å². The van der Waals surface area contributed by atoms with Crippen molar-refractivity contribution in [1.82, 2.24) is 10.2 Å². The molecule has 1 aliphatic heterocycles. The van der Waals surface area contributed by atoms with Crippen LogP contribution >= 0.6 is 11.6 Å². The van der Waals surface area contributed by atoms with Crippen LogP contribution in [0.15, 0.2) is 48.2 Å². The number of urea groups is 1. The largest absolute Gasteiger partial charge is 0.489 e. The molecule has 146 valence electrons. The Hall–Kier alpha value is -2.86. The number of benzene rings is 2. The second kappa shape index (κ2) is 8.44. The van der Waals surface area contributed by atoms with Gasteiger partial charge in [0.25, 0.3) is 5.91 Å². The van der Waals surface area contributed by atoms with E-state index in [1.54, 1.807) is 30.3 Å². The summed E-state index contributed by atoms with van der Waals surface area (Å²) >= 11 is 6.26. The molecule has 3 amide bonds. The quantitative estimate of drug-likeness (QED) is 0.560. The first-order chi connectivity index (χ1) is 13.4. The second-order valence-electron chi connectivity index (χ2n) is 6.50. The molecule has 0 aromatic heterocycles. The van der Waals surface area contributed by atoms with Crippen molar-refractivity contribution in [2.45, 2.75) is 32.9 Å². The Labute approximate surface area is 167 Å². The maximum atomic E-state index is 13.8. The summed E-state index contributed by atoms with van der Waals surface area (Å²) in [5.41, 5.74) is 1.01. The van der Waals surface area contributed by atoms with Gasteiger partial charge in [-0.25, -0.2) is 9.18 Å². The standard InChI is InChI=1S/C21H20ClFN2O3/c1-3-13(2)28-19-9-8-14(10-16(19)22)11-18-20(26)25(21(27)24-18)12-15-6-4-5-7-17(15)23/h4-11,13H,3,12H2,1-2H3,(H,24,27)/b18-11+/t13-/m0/s1. The number of ether oxygens (including phenoxy) is 1. The maximum Gasteiger partial charge on any atom is 0.329 e. The van der Waals surface area contributed by atoms with Gasteiger partial charge in [0.05, 0.1) is 17.7 Å². The lowest BCUT2D eigenvalue weighted by Gasteiger charge is -2.14. The average Bonchev–Trinajstić information content (AvgIpc) is 2.93. The van der Waals surface area contributed by atoms with E-state index >= 15 is 0 Å². The average molecular weight is 403 g/mol. The number of carbonyl (C=O) groups is 2. The van der Waals surface area contributed by atoms with Gasteiger partial charge < -0.3 is 10.1 Å². The molecule has 0 unspecified atom stereocenters. The minimum Gasteiger partial charge on any atom is -0.489 e. The lowest BCUT2D eigenvalue weighted by atomic mass is 10.1. The van der Waals surface area contributed by atoms with E-state index in [-0.39, 0.29) is 23.9 Å². The van der Waals surface area contributed by atoms with Crippen molar-refractivity contribution in [2.75, 3.05) is 0 Å². The summed E-state index contributed by atoms with van der Waals surface area (Å²) in [7, 11) is 0. The Morgan fingerprint density at radius 3 is 2.68 bits per heavy atom. The van der Waals surface area contributed by atoms with Crippen LogP contribution in [-0.4, -0.2) is 22.9 Å². The van der Waals surface area contributed by atoms with Crippen LogP contribution in [-0.2, 0) is 11.3 Å². The molecule has 0 bridgehead atoms. The molecule has 1 atom stereocenters. The minimum atomic E-state index is -0.595. The van der Waals surface area contributed by atoms with Gasteiger partial charge in [0, 0.05) is 5.56 Å². The molecule has 0 spiro atoms. The molecule has 1 aliphatic rings. The van der Waals surface area contributed by atoms with Crippen LogP contribution in [0, 0.1) is 5.82 Å². The highest BCUT2D eigenvalue weighted by Gasteiger charge is 2.34. The van der Waals surface area contributed by atoms with Crippen molar-refractivity contribution in [3.8, 4) is 5.75 Å². The number of amides is 3. The van der Waals surface area contributed by atoms with Crippen LogP contribution in [0.5, 0.6) is 5.75 Å². The molecular weight excluding hydrogens is 383 g/mol. The first kappa shape index (κ1) is 19.9. The summed E-state index contributed by atoms with van der Waals surface area (Å²) in [6.45, 7) is 3.82. The zero-order chi connectivity index (χ0) is 20.3. The molecule has 1 heterocycles. The summed E-state index contributed by atoms with van der Waals surface area (Å²) in [6.07, 6.45) is 2.41. The van der Waals surface area contributed by atoms with Gasteiger partial charge >= 0.3 is 6.03 Å². The van der Waals surface area contributed by atoms with Gasteiger partial charge in [-0.2, -0.15) is 0 Å². The van der Waals surface area contributed by atoms with Crippen LogP contribution in [0.2, 0.25) is 5.02 Å². The molecule has 7 heteroatoms. The van der Waals surface area contributed by atoms with Gasteiger partial charge in [-0.05, 0) is 43.2 Å². The van der Waals surface area contributed by atoms with Gasteiger partial charge in [-0.3, -0.25) is 9.69 Å². The molecule has 0 aliphatic carbocycles. The lowest BCUT2D eigenvalue weighted by Crippen LogP contribution is -2.30. The highest BCUT2D eigenvalue weighted by Crippen LogP contribution is 2.28. The van der Waals surface area contributed by atoms with E-state index in [0.717, 1.165) is 11.3 Å². The van der Waals surface area contributed by atoms with Gasteiger partial charge in [0.2, 0.25) is 0 Å². The third-order valence-electron chi connectivity index (χ3n) is 4.42. The number of hydrogen-bond donors (Lipinski definition) is 1. The molecule has 1 saturated heterocycles. The first-order valence-electron chi connectivity index (χ1n) is 8.93. The van der Waals surface area contributed by atoms with E-state index in [4.69, 9.17) is 16.3 Å². The van der Waals surface area contributed by atoms with Crippen LogP contribution in [0.4, 0.5) is 9.18 Å². The van der Waals surface area contributed by atoms with Gasteiger partial charge in [0.15, 0.2) is 0 Å². The Bertz CT molecular complexity index is 945. The normalized spacial score (nSPS) is 16.4. The molecule has 1 N–H and O–H groups in total. The van der Waals surface area contributed by atoms with E-state index in [2.05, 4.69) is 5.32 Å². The van der Waals surface area contributed by atoms with E-state index in [1.165, 1.54) is 18.2 Å². The number of carbonyl (C=O) groups excluding carboxylic acids is 2. The molecule has 5 nitrogen and oxygen atoms in total. The monoisotopic (exact) mass is 402 g/mol. The van der Waals surface area contributed by atoms with Crippen molar-refractivity contribution in [3.63, 3.8) is 0 Å². The number of imide groups is 1. The van der Waals surface area contributed by atoms with Crippen LogP contribution < -0.4 is 10.1 Å². The number of nitrogens with zero attached hydrogens (tertiary/aromatic N) is 1. The SMILES string of the molecule is CC[C@H](C)Oc1ccc(/C=C2/NC(=O)N(Cc3ccccc3F)C2=O)cc1Cl. The first-order valence-corrected chi connectivity index (χ1v) is 9.31. The van der Waals surface area contributed by atoms with Crippen molar-refractivity contribution in [1.29, 1.82) is 0 Å². The van der Waals surface area contributed by atoms with E-state index in [9.17, 15) is 14.0 Å². The minimum absolute atomic E-state index is 0.0318. The summed E-state index contributed by atoms with van der Waals surface area (Å²) < 4.78 is 19.5. The van der Waals surface area contributed by atoms with Crippen molar-refractivity contribution in [2.24, 2.45) is 0 Å². The van der Waals surface area contributed by atoms with Crippen molar-refractivity contribution >= 4 is 29.6 Å². The summed E-state index contributed by atoms with van der Waals surface area (Å²) in [5, 5.41) is 2.93. The summed E-state index contributed by atoms with van der Waals surface area (Å²) in [4.78, 5) is 25.7. The number of rotatable bonds is 6. The fourth-order valence-electron chi connectivity index (χ4n) is 2.68. The number of hydrogen-bond acceptors (Lipinski definition) is 3. The van der Waals surface area contributed by atoms with Crippen molar-refractivity contribution < 1.29 is 18.7 Å². The third-order valence-corrected chi connectivity index (χ3v) is 4.71. The molecular formula is C21H20ClFN2O3. The highest BCUT2D eigenvalue weighted by atomic mass is 35.5. The zero-order valence-corrected chi connectivity index (χ0v) is 16.3. The Kier molecular flexibility index (Phi) is 5.99. The number of halogens is 2. The van der Waals surface area contributed by atoms with E-state index in [0.29, 0.717) is 16.3 Å². The predicted molar refractivity (Wildman–Crippen MR) is 105 cm³/mol. The predicted octanol–water partition coefficient (Wildman–Crippen LogP) is 4.75. The van der Waals surface area contributed by atoms with Crippen molar-refractivity contribution in [3.05, 3.63) is 70.1 Å². The highest BCUT2D eigenvalue weighted by molar-refractivity contribution is 6.32. The molecule has 28 heavy (non-hydrogen) atoms. The topological polar surface area (TPSA) is 58.6 Å². The lowest BCUT2D eigenvalue weighted by molar-refractivity contribution is -0.123. The van der Waals surface area contributed by atoms with Crippen LogP contribution in [0.25, 0.3) is 6.08 Å². The summed E-state index contributed by atoms with van der Waals surface area (Å²) in [6, 6.07) is 10.6. The Morgan fingerprint density at radius 1 is 1.25 bits per heavy atom. The van der Waals surface area contributed by atoms with E-state index in [1.807, 2.05) is 13.8 Å². The smallest absolute Gasteiger partial charge is 0.329 e. The fourth-order valence-corrected chi connectivity index (χ4v) is 2.91. The van der Waals surface area contributed by atoms with E-state index < -0.39 is 17.8 Å². The number of nitrogens with one attached hydrogen (secondary N) is 1. The molecule has 0 radical (unpaired) electrons. The molecule has 1 fully saturated rings. The second-order valence-corrected chi connectivity index (χ2v) is 6.90. The van der Waals surface area contributed by atoms with Gasteiger partial charge in [0.1, 0.15) is 17.3 Å². The van der Waals surface area contributed by atoms with Gasteiger partial charge in [-0.15, -0.1) is 0 Å². The molecule has 2 aromatic rings. The van der Waals surface area contributed by atoms with Crippen LogP contribution in [0.3, 0.4) is 0 Å². The molecule has 3 rings (SSSR count). The maximum absolute atomic E-state index is 13.8. The Balaban J connectivity index is 1.78. The van der Waals surface area contributed by atoms with Crippen LogP contribution in [0.1, 0.15) is 31.4 Å². The fraction of sp³-hybridized carbons (Fsp3) is 0.238. The Morgan fingerprint density at radius 2 is 2.00 bits per heavy atom. The third kappa shape index (κ3) is 4.34. The molecule has 2 aromatic carbocycles. The molecule has 0 saturated carbocycles. The summed E-state index contributed by atoms with van der Waals surface area (Å²) in [5.74, 6) is -0.436. The zero-order valence-electron chi connectivity index (χ0n) is 15.5.